The first-order chi connectivity index (χ1) is 16.7. The van der Waals surface area contributed by atoms with Crippen LogP contribution >= 0.6 is 0 Å². The Hall–Kier alpha value is -2.87. The molecular weight excluding hydrogens is 466 g/mol. The normalized spacial score (nSPS) is 22.1. The largest absolute Gasteiger partial charge is 0.460 e. The van der Waals surface area contributed by atoms with Gasteiger partial charge in [0.05, 0.1) is 16.1 Å². The molecule has 1 aliphatic carbocycles. The summed E-state index contributed by atoms with van der Waals surface area (Å²) in [7, 11) is -3.84. The van der Waals surface area contributed by atoms with Crippen molar-refractivity contribution in [1.29, 1.82) is 0 Å². The maximum absolute atomic E-state index is 13.3. The Morgan fingerprint density at radius 3 is 2.63 bits per heavy atom. The lowest BCUT2D eigenvalue weighted by Crippen LogP contribution is -2.36. The van der Waals surface area contributed by atoms with E-state index < -0.39 is 28.6 Å². The lowest BCUT2D eigenvalue weighted by molar-refractivity contribution is -0.159. The second kappa shape index (κ2) is 10.4. The summed E-state index contributed by atoms with van der Waals surface area (Å²) >= 11 is 0. The van der Waals surface area contributed by atoms with Gasteiger partial charge in [0.25, 0.3) is 10.0 Å². The molecule has 2 aromatic carbocycles. The van der Waals surface area contributed by atoms with Crippen LogP contribution in [-0.4, -0.2) is 39.6 Å². The highest BCUT2D eigenvalue weighted by molar-refractivity contribution is 7.92. The number of anilines is 1. The van der Waals surface area contributed by atoms with Crippen LogP contribution in [0.3, 0.4) is 0 Å². The van der Waals surface area contributed by atoms with Crippen molar-refractivity contribution in [3.63, 3.8) is 0 Å². The molecule has 0 saturated heterocycles. The third-order valence-electron chi connectivity index (χ3n) is 7.07. The Morgan fingerprint density at radius 2 is 1.86 bits per heavy atom. The molecule has 0 radical (unpaired) electrons. The first-order valence-corrected chi connectivity index (χ1v) is 13.7. The molecule has 3 atom stereocenters. The van der Waals surface area contributed by atoms with Crippen LogP contribution in [0.1, 0.15) is 56.0 Å². The summed E-state index contributed by atoms with van der Waals surface area (Å²) in [5.41, 5.74) is 1.69. The Kier molecular flexibility index (Phi) is 7.50. The molecule has 0 aromatic heterocycles. The van der Waals surface area contributed by atoms with Gasteiger partial charge in [-0.05, 0) is 66.8 Å². The quantitative estimate of drug-likeness (QED) is 0.517. The lowest BCUT2D eigenvalue weighted by Gasteiger charge is -2.36. The average molecular weight is 500 g/mol. The van der Waals surface area contributed by atoms with Gasteiger partial charge in [-0.1, -0.05) is 51.5 Å². The molecule has 4 rings (SSSR count). The first kappa shape index (κ1) is 25.2. The summed E-state index contributed by atoms with van der Waals surface area (Å²) in [5, 5.41) is 0. The van der Waals surface area contributed by atoms with Crippen molar-refractivity contribution >= 4 is 27.6 Å². The molecule has 0 N–H and O–H groups in total. The molecule has 0 spiro atoms. The molecule has 8 heteroatoms. The summed E-state index contributed by atoms with van der Waals surface area (Å²) in [6, 6.07) is 13.1. The highest BCUT2D eigenvalue weighted by atomic mass is 32.2. The van der Waals surface area contributed by atoms with Crippen molar-refractivity contribution in [3.05, 3.63) is 59.7 Å². The minimum Gasteiger partial charge on any atom is -0.460 e. The van der Waals surface area contributed by atoms with Gasteiger partial charge in [-0.15, -0.1) is 0 Å². The highest BCUT2D eigenvalue weighted by Crippen LogP contribution is 2.35. The molecule has 35 heavy (non-hydrogen) atoms. The predicted octanol–water partition coefficient (Wildman–Crippen LogP) is 4.60. The van der Waals surface area contributed by atoms with Crippen LogP contribution < -0.4 is 4.31 Å². The van der Waals surface area contributed by atoms with E-state index >= 15 is 0 Å². The van der Waals surface area contributed by atoms with Gasteiger partial charge in [0.1, 0.15) is 6.10 Å². The number of hydrogen-bond acceptors (Lipinski definition) is 6. The number of benzene rings is 2. The number of rotatable bonds is 7. The molecule has 7 nitrogen and oxygen atoms in total. The summed E-state index contributed by atoms with van der Waals surface area (Å²) < 4.78 is 38.8. The zero-order valence-corrected chi connectivity index (χ0v) is 21.3. The van der Waals surface area contributed by atoms with Crippen LogP contribution in [0.4, 0.5) is 5.69 Å². The van der Waals surface area contributed by atoms with E-state index in [9.17, 15) is 18.0 Å². The molecule has 1 saturated carbocycles. The fourth-order valence-electron chi connectivity index (χ4n) is 5.13. The Morgan fingerprint density at radius 1 is 1.09 bits per heavy atom. The summed E-state index contributed by atoms with van der Waals surface area (Å²) in [6.45, 7) is 6.25. The fraction of sp³-hybridized carbons (Fsp3) is 0.481. The predicted molar refractivity (Wildman–Crippen MR) is 133 cm³/mol. The molecule has 1 fully saturated rings. The maximum Gasteiger partial charge on any atom is 0.344 e. The summed E-state index contributed by atoms with van der Waals surface area (Å²) in [6.07, 6.45) is 3.40. The van der Waals surface area contributed by atoms with Crippen molar-refractivity contribution in [2.45, 2.75) is 57.5 Å². The number of esters is 2. The summed E-state index contributed by atoms with van der Waals surface area (Å²) in [4.78, 5) is 25.1. The van der Waals surface area contributed by atoms with Crippen LogP contribution in [0.15, 0.2) is 53.4 Å². The lowest BCUT2D eigenvalue weighted by atomic mass is 9.75. The Labute approximate surface area is 207 Å². The zero-order chi connectivity index (χ0) is 25.2. The molecule has 1 heterocycles. The summed E-state index contributed by atoms with van der Waals surface area (Å²) in [5.74, 6) is -0.171. The van der Waals surface area contributed by atoms with Crippen molar-refractivity contribution in [2.75, 3.05) is 17.5 Å². The zero-order valence-electron chi connectivity index (χ0n) is 20.5. The molecule has 1 aliphatic heterocycles. The van der Waals surface area contributed by atoms with Gasteiger partial charge in [0.15, 0.2) is 6.61 Å². The van der Waals surface area contributed by atoms with Gasteiger partial charge in [0.2, 0.25) is 0 Å². The minimum atomic E-state index is -3.84. The fourth-order valence-corrected chi connectivity index (χ4v) is 6.68. The monoisotopic (exact) mass is 499 g/mol. The Bertz CT molecular complexity index is 1190. The number of sulfonamides is 1. The molecule has 0 amide bonds. The number of fused-ring (bicyclic) bond motifs is 1. The van der Waals surface area contributed by atoms with Crippen molar-refractivity contribution < 1.29 is 27.5 Å². The third kappa shape index (κ3) is 5.53. The standard InChI is InChI=1S/C27H33NO6S/c1-18(2)23-12-11-19(3)15-25(23)34-26(29)17-33-27(30)21-8-6-9-22(16-21)35(31,32)28-14-13-20-7-4-5-10-24(20)28/h4-10,16,18-19,23,25H,11-15,17H2,1-3H3/t19-,23-,25-/m0/s1. The van der Waals surface area contributed by atoms with Crippen LogP contribution in [0.25, 0.3) is 0 Å². The number of para-hydroxylation sites is 1. The van der Waals surface area contributed by atoms with E-state index in [4.69, 9.17) is 9.47 Å². The highest BCUT2D eigenvalue weighted by Gasteiger charge is 2.34. The van der Waals surface area contributed by atoms with E-state index in [0.29, 0.717) is 36.4 Å². The van der Waals surface area contributed by atoms with Crippen molar-refractivity contribution in [2.24, 2.45) is 17.8 Å². The Balaban J connectivity index is 1.40. The van der Waals surface area contributed by atoms with Crippen molar-refractivity contribution in [3.8, 4) is 0 Å². The van der Waals surface area contributed by atoms with E-state index in [0.717, 1.165) is 24.8 Å². The number of ether oxygens (including phenoxy) is 2. The van der Waals surface area contributed by atoms with E-state index in [1.807, 2.05) is 12.1 Å². The van der Waals surface area contributed by atoms with E-state index in [-0.39, 0.29) is 16.6 Å². The van der Waals surface area contributed by atoms with Gasteiger partial charge < -0.3 is 9.47 Å². The van der Waals surface area contributed by atoms with E-state index in [1.54, 1.807) is 12.1 Å². The van der Waals surface area contributed by atoms with Gasteiger partial charge in [-0.25, -0.2) is 18.0 Å². The van der Waals surface area contributed by atoms with Gasteiger partial charge in [-0.3, -0.25) is 4.31 Å². The van der Waals surface area contributed by atoms with Crippen LogP contribution in [0, 0.1) is 17.8 Å². The molecule has 2 aromatic rings. The molecule has 188 valence electrons. The number of carbonyl (C=O) groups excluding carboxylic acids is 2. The van der Waals surface area contributed by atoms with Crippen molar-refractivity contribution in [1.82, 2.24) is 0 Å². The van der Waals surface area contributed by atoms with E-state index in [2.05, 4.69) is 20.8 Å². The SMILES string of the molecule is CC(C)[C@@H]1CC[C@H](C)C[C@@H]1OC(=O)COC(=O)c1cccc(S(=O)(=O)N2CCc3ccccc32)c1. The topological polar surface area (TPSA) is 90.0 Å². The second-order valence-corrected chi connectivity index (χ2v) is 11.8. The van der Waals surface area contributed by atoms with Crippen LogP contribution in [-0.2, 0) is 30.7 Å². The first-order valence-electron chi connectivity index (χ1n) is 12.2. The number of nitrogens with zero attached hydrogens (tertiary/aromatic N) is 1. The molecule has 0 bridgehead atoms. The average Bonchev–Trinajstić information content (AvgIpc) is 3.27. The molecular formula is C27H33NO6S. The van der Waals surface area contributed by atoms with E-state index in [1.165, 1.54) is 28.6 Å². The number of hydrogen-bond donors (Lipinski definition) is 0. The third-order valence-corrected chi connectivity index (χ3v) is 8.88. The second-order valence-electron chi connectivity index (χ2n) is 9.91. The molecule has 0 unspecified atom stereocenters. The van der Waals surface area contributed by atoms with Gasteiger partial charge in [-0.2, -0.15) is 0 Å². The van der Waals surface area contributed by atoms with Gasteiger partial charge >= 0.3 is 11.9 Å². The van der Waals surface area contributed by atoms with Crippen LogP contribution in [0.2, 0.25) is 0 Å². The van der Waals surface area contributed by atoms with Crippen LogP contribution in [0.5, 0.6) is 0 Å². The smallest absolute Gasteiger partial charge is 0.344 e. The minimum absolute atomic E-state index is 0.00204. The maximum atomic E-state index is 13.3. The van der Waals surface area contributed by atoms with Gasteiger partial charge in [0, 0.05) is 6.54 Å². The molecule has 2 aliphatic rings. The number of carbonyl (C=O) groups is 2.